The van der Waals surface area contributed by atoms with E-state index >= 15 is 0 Å². The Balaban J connectivity index is 1.54. The second-order valence-electron chi connectivity index (χ2n) is 7.48. The first-order valence-electron chi connectivity index (χ1n) is 10.4. The van der Waals surface area contributed by atoms with Gasteiger partial charge in [-0.25, -0.2) is 14.8 Å². The molecule has 0 N–H and O–H groups in total. The molecule has 7 nitrogen and oxygen atoms in total. The number of rotatable bonds is 7. The molecule has 0 fully saturated rings. The van der Waals surface area contributed by atoms with Crippen LogP contribution in [0.2, 0.25) is 0 Å². The van der Waals surface area contributed by atoms with Gasteiger partial charge in [-0.2, -0.15) is 0 Å². The van der Waals surface area contributed by atoms with Crippen molar-refractivity contribution in [1.82, 2.24) is 14.5 Å². The maximum absolute atomic E-state index is 11.7. The topological polar surface area (TPSA) is 75.5 Å². The molecule has 0 aliphatic heterocycles. The fourth-order valence-corrected chi connectivity index (χ4v) is 3.46. The van der Waals surface area contributed by atoms with E-state index in [1.54, 1.807) is 24.3 Å². The van der Waals surface area contributed by atoms with E-state index in [1.807, 2.05) is 42.9 Å². The number of benzene rings is 2. The first kappa shape index (κ1) is 21.4. The number of fused-ring (bicyclic) bond motifs is 1. The van der Waals surface area contributed by atoms with Crippen molar-refractivity contribution in [1.29, 1.82) is 0 Å². The average Bonchev–Trinajstić information content (AvgIpc) is 3.13. The minimum absolute atomic E-state index is 0.255. The number of hydrogen-bond acceptors (Lipinski definition) is 6. The molecule has 0 saturated heterocycles. The van der Waals surface area contributed by atoms with Crippen LogP contribution in [0.3, 0.4) is 0 Å². The smallest absolute Gasteiger partial charge is 0.337 e. The Morgan fingerprint density at radius 3 is 2.72 bits per heavy atom. The largest absolute Gasteiger partial charge is 0.486 e. The van der Waals surface area contributed by atoms with Crippen LogP contribution in [0, 0.1) is 6.92 Å². The van der Waals surface area contributed by atoms with Crippen molar-refractivity contribution in [2.24, 2.45) is 7.05 Å². The van der Waals surface area contributed by atoms with Crippen molar-refractivity contribution in [2.45, 2.75) is 26.9 Å². The van der Waals surface area contributed by atoms with Gasteiger partial charge < -0.3 is 18.8 Å². The van der Waals surface area contributed by atoms with E-state index in [9.17, 15) is 4.79 Å². The maximum atomic E-state index is 11.7. The van der Waals surface area contributed by atoms with E-state index in [0.717, 1.165) is 34.4 Å². The standard InChI is InChI=1S/C25H25N3O4/c1-5-17-11-16(2)14-26-24(17)32-20-9-10-21-22(13-20)28(3)23(27-21)15-31-19-8-6-7-18(12-19)25(29)30-4/h6-14H,5,15H2,1-4H3. The number of carbonyl (C=O) groups excluding carboxylic acids is 1. The van der Waals surface area contributed by atoms with Crippen LogP contribution in [0.5, 0.6) is 17.4 Å². The van der Waals surface area contributed by atoms with Gasteiger partial charge in [0.1, 0.15) is 23.9 Å². The Bertz CT molecular complexity index is 1280. The third-order valence-corrected chi connectivity index (χ3v) is 5.23. The Kier molecular flexibility index (Phi) is 6.07. The van der Waals surface area contributed by atoms with E-state index in [1.165, 1.54) is 7.11 Å². The summed E-state index contributed by atoms with van der Waals surface area (Å²) in [5, 5.41) is 0. The van der Waals surface area contributed by atoms with E-state index < -0.39 is 5.97 Å². The average molecular weight is 431 g/mol. The Morgan fingerprint density at radius 1 is 1.09 bits per heavy atom. The van der Waals surface area contributed by atoms with E-state index in [2.05, 4.69) is 23.0 Å². The quantitative estimate of drug-likeness (QED) is 0.384. The van der Waals surface area contributed by atoms with Gasteiger partial charge in [-0.3, -0.25) is 0 Å². The van der Waals surface area contributed by atoms with Crippen LogP contribution in [-0.4, -0.2) is 27.6 Å². The SMILES string of the molecule is CCc1cc(C)cnc1Oc1ccc2nc(COc3cccc(C(=O)OC)c3)n(C)c2c1. The van der Waals surface area contributed by atoms with Crippen molar-refractivity contribution in [2.75, 3.05) is 7.11 Å². The number of nitrogens with zero attached hydrogens (tertiary/aromatic N) is 3. The third-order valence-electron chi connectivity index (χ3n) is 5.23. The lowest BCUT2D eigenvalue weighted by atomic mass is 10.2. The zero-order valence-electron chi connectivity index (χ0n) is 18.6. The lowest BCUT2D eigenvalue weighted by Crippen LogP contribution is -2.05. The summed E-state index contributed by atoms with van der Waals surface area (Å²) in [7, 11) is 3.29. The molecule has 164 valence electrons. The number of imidazole rings is 1. The van der Waals surface area contributed by atoms with Crippen molar-refractivity contribution in [3.63, 3.8) is 0 Å². The predicted octanol–water partition coefficient (Wildman–Crippen LogP) is 5.00. The van der Waals surface area contributed by atoms with Crippen LogP contribution in [0.15, 0.2) is 54.7 Å². The number of aromatic nitrogens is 3. The van der Waals surface area contributed by atoms with Crippen molar-refractivity contribution < 1.29 is 19.0 Å². The van der Waals surface area contributed by atoms with Gasteiger partial charge in [-0.15, -0.1) is 0 Å². The summed E-state index contributed by atoms with van der Waals surface area (Å²) < 4.78 is 18.7. The molecule has 32 heavy (non-hydrogen) atoms. The van der Waals surface area contributed by atoms with Gasteiger partial charge in [0.15, 0.2) is 0 Å². The highest BCUT2D eigenvalue weighted by molar-refractivity contribution is 5.89. The highest BCUT2D eigenvalue weighted by Crippen LogP contribution is 2.28. The summed E-state index contributed by atoms with van der Waals surface area (Å²) in [6.07, 6.45) is 2.65. The van der Waals surface area contributed by atoms with Gasteiger partial charge in [0.05, 0.1) is 23.7 Å². The first-order chi connectivity index (χ1) is 15.5. The number of methoxy groups -OCH3 is 1. The molecule has 7 heteroatoms. The van der Waals surface area contributed by atoms with Crippen LogP contribution in [0.1, 0.15) is 34.2 Å². The number of esters is 1. The highest BCUT2D eigenvalue weighted by atomic mass is 16.5. The molecule has 0 aliphatic carbocycles. The molecule has 0 spiro atoms. The molecule has 4 rings (SSSR count). The van der Waals surface area contributed by atoms with Gasteiger partial charge in [-0.1, -0.05) is 13.0 Å². The molecule has 0 bridgehead atoms. The molecule has 4 aromatic rings. The van der Waals surface area contributed by atoms with Gasteiger partial charge in [0.25, 0.3) is 0 Å². The van der Waals surface area contributed by atoms with E-state index in [-0.39, 0.29) is 6.61 Å². The molecular weight excluding hydrogens is 406 g/mol. The Labute approximate surface area is 186 Å². The minimum Gasteiger partial charge on any atom is -0.486 e. The van der Waals surface area contributed by atoms with Crippen molar-refractivity contribution in [3.05, 3.63) is 77.2 Å². The number of aryl methyl sites for hydroxylation is 3. The van der Waals surface area contributed by atoms with Gasteiger partial charge in [0.2, 0.25) is 5.88 Å². The molecule has 0 radical (unpaired) electrons. The van der Waals surface area contributed by atoms with Crippen LogP contribution >= 0.6 is 0 Å². The Morgan fingerprint density at radius 2 is 1.94 bits per heavy atom. The summed E-state index contributed by atoms with van der Waals surface area (Å²) in [6, 6.07) is 14.7. The fourth-order valence-electron chi connectivity index (χ4n) is 3.46. The molecule has 0 saturated carbocycles. The lowest BCUT2D eigenvalue weighted by Gasteiger charge is -2.10. The molecule has 0 atom stereocenters. The van der Waals surface area contributed by atoms with Gasteiger partial charge >= 0.3 is 5.97 Å². The lowest BCUT2D eigenvalue weighted by molar-refractivity contribution is 0.0600. The first-order valence-corrected chi connectivity index (χ1v) is 10.4. The fraction of sp³-hybridized carbons (Fsp3) is 0.240. The molecule has 2 heterocycles. The number of pyridine rings is 1. The monoisotopic (exact) mass is 431 g/mol. The molecule has 2 aromatic carbocycles. The summed E-state index contributed by atoms with van der Waals surface area (Å²) in [6.45, 7) is 4.36. The van der Waals surface area contributed by atoms with Crippen LogP contribution in [0.25, 0.3) is 11.0 Å². The number of ether oxygens (including phenoxy) is 3. The zero-order chi connectivity index (χ0) is 22.7. The van der Waals surface area contributed by atoms with Gasteiger partial charge in [-0.05, 0) is 55.3 Å². The molecule has 2 aromatic heterocycles. The predicted molar refractivity (Wildman–Crippen MR) is 121 cm³/mol. The van der Waals surface area contributed by atoms with Gasteiger partial charge in [0, 0.05) is 24.9 Å². The van der Waals surface area contributed by atoms with E-state index in [4.69, 9.17) is 14.2 Å². The minimum atomic E-state index is -0.403. The molecule has 0 amide bonds. The third kappa shape index (κ3) is 4.42. The molecular formula is C25H25N3O4. The van der Waals surface area contributed by atoms with Crippen LogP contribution < -0.4 is 9.47 Å². The summed E-state index contributed by atoms with van der Waals surface area (Å²) >= 11 is 0. The normalized spacial score (nSPS) is 10.9. The van der Waals surface area contributed by atoms with Crippen LogP contribution in [0.4, 0.5) is 0 Å². The van der Waals surface area contributed by atoms with Crippen molar-refractivity contribution in [3.8, 4) is 17.4 Å². The zero-order valence-corrected chi connectivity index (χ0v) is 18.6. The Hall–Kier alpha value is -3.87. The second kappa shape index (κ2) is 9.09. The molecule has 0 unspecified atom stereocenters. The second-order valence-corrected chi connectivity index (χ2v) is 7.48. The number of hydrogen-bond donors (Lipinski definition) is 0. The summed E-state index contributed by atoms with van der Waals surface area (Å²) in [5.74, 6) is 2.24. The summed E-state index contributed by atoms with van der Waals surface area (Å²) in [4.78, 5) is 20.8. The number of carbonyl (C=O) groups is 1. The molecule has 0 aliphatic rings. The van der Waals surface area contributed by atoms with E-state index in [0.29, 0.717) is 22.9 Å². The summed E-state index contributed by atoms with van der Waals surface area (Å²) in [5.41, 5.74) is 4.38. The van der Waals surface area contributed by atoms with Crippen LogP contribution in [-0.2, 0) is 24.8 Å². The van der Waals surface area contributed by atoms with Crippen molar-refractivity contribution >= 4 is 17.0 Å². The maximum Gasteiger partial charge on any atom is 0.337 e. The highest BCUT2D eigenvalue weighted by Gasteiger charge is 2.12.